The Morgan fingerprint density at radius 2 is 2.18 bits per heavy atom. The van der Waals surface area contributed by atoms with E-state index in [-0.39, 0.29) is 10.4 Å². The predicted molar refractivity (Wildman–Crippen MR) is 113 cm³/mol. The largest absolute Gasteiger partial charge is 0.466 e. The number of esters is 1. The van der Waals surface area contributed by atoms with E-state index in [4.69, 9.17) is 0 Å². The van der Waals surface area contributed by atoms with Crippen LogP contribution in [0, 0.1) is 0 Å². The highest BCUT2D eigenvalue weighted by molar-refractivity contribution is 8.18. The normalized spacial score (nSPS) is 24.0. The van der Waals surface area contributed by atoms with Gasteiger partial charge in [0.1, 0.15) is 0 Å². The molecule has 7 nitrogen and oxygen atoms in total. The maximum atomic E-state index is 11.8. The van der Waals surface area contributed by atoms with Crippen LogP contribution in [0.2, 0.25) is 0 Å². The lowest BCUT2D eigenvalue weighted by atomic mass is 9.80. The Labute approximate surface area is 168 Å². The van der Waals surface area contributed by atoms with Crippen LogP contribution in [0.25, 0.3) is 0 Å². The molecule has 2 heterocycles. The highest BCUT2D eigenvalue weighted by Gasteiger charge is 2.33. The molecule has 1 N–H and O–H groups in total. The molecule has 1 aromatic carbocycles. The van der Waals surface area contributed by atoms with Gasteiger partial charge >= 0.3 is 5.97 Å². The molecule has 148 valence electrons. The SMILES string of the molecule is COC(=O)/C=C1/S/C(=N\N=Cc2ccc3c(c2)C(C)CC(C)(C)N3C)NC1=O. The molecule has 1 saturated heterocycles. The number of hydrogen-bond acceptors (Lipinski definition) is 7. The van der Waals surface area contributed by atoms with Gasteiger partial charge in [0.15, 0.2) is 5.17 Å². The lowest BCUT2D eigenvalue weighted by molar-refractivity contribution is -0.135. The Balaban J connectivity index is 1.75. The Bertz CT molecular complexity index is 905. The maximum absolute atomic E-state index is 11.8. The predicted octanol–water partition coefficient (Wildman–Crippen LogP) is 3.02. The minimum atomic E-state index is -0.585. The van der Waals surface area contributed by atoms with Crippen molar-refractivity contribution >= 4 is 40.7 Å². The van der Waals surface area contributed by atoms with Crippen LogP contribution in [0.5, 0.6) is 0 Å². The van der Waals surface area contributed by atoms with Crippen LogP contribution in [0.1, 0.15) is 44.2 Å². The Morgan fingerprint density at radius 1 is 1.43 bits per heavy atom. The number of amides is 1. The molecule has 0 spiro atoms. The quantitative estimate of drug-likeness (QED) is 0.365. The summed E-state index contributed by atoms with van der Waals surface area (Å²) in [7, 11) is 3.39. The number of carbonyl (C=O) groups is 2. The van der Waals surface area contributed by atoms with Gasteiger partial charge in [0.25, 0.3) is 5.91 Å². The third kappa shape index (κ3) is 4.11. The van der Waals surface area contributed by atoms with Crippen LogP contribution in [-0.2, 0) is 14.3 Å². The molecule has 2 aliphatic rings. The molecule has 0 aliphatic carbocycles. The van der Waals surface area contributed by atoms with Crippen LogP contribution >= 0.6 is 11.8 Å². The number of nitrogens with one attached hydrogen (secondary N) is 1. The fourth-order valence-corrected chi connectivity index (χ4v) is 4.20. The highest BCUT2D eigenvalue weighted by Crippen LogP contribution is 2.42. The van der Waals surface area contributed by atoms with Crippen LogP contribution in [0.4, 0.5) is 5.69 Å². The van der Waals surface area contributed by atoms with Gasteiger partial charge in [-0.25, -0.2) is 4.79 Å². The van der Waals surface area contributed by atoms with Gasteiger partial charge in [-0.3, -0.25) is 10.1 Å². The van der Waals surface area contributed by atoms with Crippen LogP contribution < -0.4 is 10.2 Å². The lowest BCUT2D eigenvalue weighted by Gasteiger charge is -2.45. The third-order valence-electron chi connectivity index (χ3n) is 5.11. The molecular formula is C20H24N4O3S. The van der Waals surface area contributed by atoms with E-state index in [1.54, 1.807) is 6.21 Å². The first kappa shape index (κ1) is 20.1. The molecule has 0 saturated carbocycles. The second-order valence-electron chi connectivity index (χ2n) is 7.53. The van der Waals surface area contributed by atoms with E-state index in [1.807, 2.05) is 6.07 Å². The monoisotopic (exact) mass is 400 g/mol. The minimum Gasteiger partial charge on any atom is -0.466 e. The van der Waals surface area contributed by atoms with Crippen molar-refractivity contribution in [1.82, 2.24) is 5.32 Å². The summed E-state index contributed by atoms with van der Waals surface area (Å²) in [4.78, 5) is 25.6. The zero-order valence-corrected chi connectivity index (χ0v) is 17.5. The summed E-state index contributed by atoms with van der Waals surface area (Å²) in [5, 5.41) is 11.0. The summed E-state index contributed by atoms with van der Waals surface area (Å²) in [5.41, 5.74) is 3.61. The molecule has 1 fully saturated rings. The van der Waals surface area contributed by atoms with Crippen LogP contribution in [-0.4, -0.2) is 43.0 Å². The summed E-state index contributed by atoms with van der Waals surface area (Å²) in [6.45, 7) is 6.76. The molecule has 1 aromatic rings. The number of rotatable bonds is 3. The second-order valence-corrected chi connectivity index (χ2v) is 8.56. The average molecular weight is 401 g/mol. The Kier molecular flexibility index (Phi) is 5.60. The van der Waals surface area contributed by atoms with E-state index >= 15 is 0 Å². The average Bonchev–Trinajstić information content (AvgIpc) is 2.98. The zero-order chi connectivity index (χ0) is 20.5. The molecule has 0 aromatic heterocycles. The Morgan fingerprint density at radius 3 is 2.89 bits per heavy atom. The number of carbonyl (C=O) groups excluding carboxylic acids is 2. The van der Waals surface area contributed by atoms with Crippen molar-refractivity contribution in [1.29, 1.82) is 0 Å². The first-order valence-electron chi connectivity index (χ1n) is 8.99. The fraction of sp³-hybridized carbons (Fsp3) is 0.400. The Hall–Kier alpha value is -2.61. The van der Waals surface area contributed by atoms with E-state index in [9.17, 15) is 9.59 Å². The molecule has 3 rings (SSSR count). The second kappa shape index (κ2) is 7.79. The molecule has 28 heavy (non-hydrogen) atoms. The van der Waals surface area contributed by atoms with Crippen molar-refractivity contribution in [2.45, 2.75) is 38.6 Å². The van der Waals surface area contributed by atoms with Crippen LogP contribution in [0.3, 0.4) is 0 Å². The molecule has 0 radical (unpaired) electrons. The summed E-state index contributed by atoms with van der Waals surface area (Å²) < 4.78 is 4.53. The van der Waals surface area contributed by atoms with Gasteiger partial charge in [0, 0.05) is 24.4 Å². The molecule has 1 amide bonds. The van der Waals surface area contributed by atoms with E-state index in [2.05, 4.69) is 65.1 Å². The molecule has 0 bridgehead atoms. The number of thioether (sulfide) groups is 1. The van der Waals surface area contributed by atoms with Gasteiger partial charge in [0.05, 0.1) is 18.2 Å². The van der Waals surface area contributed by atoms with Gasteiger partial charge in [-0.1, -0.05) is 13.0 Å². The summed E-state index contributed by atoms with van der Waals surface area (Å²) in [6, 6.07) is 6.26. The molecule has 1 atom stereocenters. The van der Waals surface area contributed by atoms with E-state index in [1.165, 1.54) is 18.4 Å². The zero-order valence-electron chi connectivity index (χ0n) is 16.6. The number of benzene rings is 1. The molecule has 2 aliphatic heterocycles. The minimum absolute atomic E-state index is 0.126. The first-order valence-corrected chi connectivity index (χ1v) is 9.80. The number of fused-ring (bicyclic) bond motifs is 1. The van der Waals surface area contributed by atoms with E-state index in [0.717, 1.165) is 29.8 Å². The standard InChI is InChI=1S/C20H24N4O3S/c1-12-10-20(2,3)24(4)15-7-6-13(8-14(12)15)11-21-23-19-22-18(26)16(28-19)9-17(25)27-5/h6-9,11-12H,10H2,1-5H3,(H,22,23,26)/b16-9+,21-11?. The van der Waals surface area contributed by atoms with Crippen molar-refractivity contribution in [3.05, 3.63) is 40.3 Å². The van der Waals surface area contributed by atoms with Crippen molar-refractivity contribution in [2.75, 3.05) is 19.1 Å². The maximum Gasteiger partial charge on any atom is 0.331 e. The van der Waals surface area contributed by atoms with Gasteiger partial charge in [-0.05, 0) is 61.2 Å². The lowest BCUT2D eigenvalue weighted by Crippen LogP contribution is -2.45. The number of ether oxygens (including phenoxy) is 1. The van der Waals surface area contributed by atoms with Crippen molar-refractivity contribution in [2.24, 2.45) is 10.2 Å². The number of methoxy groups -OCH3 is 1. The summed E-state index contributed by atoms with van der Waals surface area (Å²) in [5.74, 6) is -0.520. The van der Waals surface area contributed by atoms with Gasteiger partial charge in [-0.15, -0.1) is 5.10 Å². The smallest absolute Gasteiger partial charge is 0.331 e. The summed E-state index contributed by atoms with van der Waals surface area (Å²) in [6.07, 6.45) is 3.88. The van der Waals surface area contributed by atoms with Gasteiger partial charge < -0.3 is 9.64 Å². The molecule has 8 heteroatoms. The fourth-order valence-electron chi connectivity index (χ4n) is 3.46. The van der Waals surface area contributed by atoms with Crippen LogP contribution in [0.15, 0.2) is 39.4 Å². The van der Waals surface area contributed by atoms with Gasteiger partial charge in [0.2, 0.25) is 0 Å². The van der Waals surface area contributed by atoms with Crippen molar-refractivity contribution in [3.63, 3.8) is 0 Å². The van der Waals surface area contributed by atoms with E-state index in [0.29, 0.717) is 11.1 Å². The van der Waals surface area contributed by atoms with Crippen molar-refractivity contribution < 1.29 is 14.3 Å². The van der Waals surface area contributed by atoms with E-state index < -0.39 is 11.9 Å². The third-order valence-corrected chi connectivity index (χ3v) is 6.01. The first-order chi connectivity index (χ1) is 13.2. The molecular weight excluding hydrogens is 376 g/mol. The highest BCUT2D eigenvalue weighted by atomic mass is 32.2. The molecule has 1 unspecified atom stereocenters. The summed E-state index contributed by atoms with van der Waals surface area (Å²) >= 11 is 1.05. The number of nitrogens with zero attached hydrogens (tertiary/aromatic N) is 3. The number of amidine groups is 1. The van der Waals surface area contributed by atoms with Crippen molar-refractivity contribution in [3.8, 4) is 0 Å². The number of anilines is 1. The van der Waals surface area contributed by atoms with Gasteiger partial charge in [-0.2, -0.15) is 5.10 Å². The number of hydrogen-bond donors (Lipinski definition) is 1. The topological polar surface area (TPSA) is 83.4 Å².